The molecular formula is C17H20N4O6. The molecule has 2 heterocycles. The minimum absolute atomic E-state index is 0.0702. The van der Waals surface area contributed by atoms with Gasteiger partial charge in [-0.3, -0.25) is 33.3 Å². The summed E-state index contributed by atoms with van der Waals surface area (Å²) in [5.41, 5.74) is -1.37. The lowest BCUT2D eigenvalue weighted by atomic mass is 10.00. The number of aromatic nitrogens is 2. The SMILES string of the molecule is CN1C(=O)C(C/C=C/C=C/c2c(O)n(C)c(=O)n(C)c2=O)C(=O)N(C)C1=O. The van der Waals surface area contributed by atoms with Gasteiger partial charge in [0, 0.05) is 28.2 Å². The van der Waals surface area contributed by atoms with Crippen molar-refractivity contribution < 1.29 is 19.5 Å². The summed E-state index contributed by atoms with van der Waals surface area (Å²) in [6.07, 6.45) is 5.87. The van der Waals surface area contributed by atoms with E-state index in [0.717, 1.165) is 18.9 Å². The first kappa shape index (κ1) is 19.9. The van der Waals surface area contributed by atoms with Gasteiger partial charge in [-0.2, -0.15) is 0 Å². The number of imide groups is 2. The van der Waals surface area contributed by atoms with Crippen LogP contribution in [0.5, 0.6) is 5.88 Å². The van der Waals surface area contributed by atoms with Crippen molar-refractivity contribution in [2.75, 3.05) is 14.1 Å². The maximum Gasteiger partial charge on any atom is 0.333 e. The molecule has 1 saturated heterocycles. The van der Waals surface area contributed by atoms with Gasteiger partial charge in [-0.05, 0) is 12.5 Å². The van der Waals surface area contributed by atoms with Gasteiger partial charge in [0.05, 0.1) is 0 Å². The van der Waals surface area contributed by atoms with Crippen LogP contribution in [0.25, 0.3) is 6.08 Å². The Hall–Kier alpha value is -3.43. The molecule has 0 radical (unpaired) electrons. The van der Waals surface area contributed by atoms with Gasteiger partial charge >= 0.3 is 11.7 Å². The minimum atomic E-state index is -0.999. The van der Waals surface area contributed by atoms with Gasteiger partial charge in [-0.25, -0.2) is 9.59 Å². The average molecular weight is 376 g/mol. The van der Waals surface area contributed by atoms with Crippen LogP contribution in [-0.2, 0) is 23.7 Å². The molecule has 1 aliphatic heterocycles. The van der Waals surface area contributed by atoms with Gasteiger partial charge in [-0.1, -0.05) is 18.2 Å². The van der Waals surface area contributed by atoms with Crippen molar-refractivity contribution in [1.82, 2.24) is 18.9 Å². The molecule has 27 heavy (non-hydrogen) atoms. The third-order valence-corrected chi connectivity index (χ3v) is 4.38. The Morgan fingerprint density at radius 2 is 1.44 bits per heavy atom. The first-order valence-corrected chi connectivity index (χ1v) is 8.00. The summed E-state index contributed by atoms with van der Waals surface area (Å²) in [7, 11) is 5.25. The molecule has 1 N–H and O–H groups in total. The van der Waals surface area contributed by atoms with Gasteiger partial charge in [-0.15, -0.1) is 0 Å². The van der Waals surface area contributed by atoms with Crippen molar-refractivity contribution in [2.45, 2.75) is 6.42 Å². The number of hydrogen-bond acceptors (Lipinski definition) is 6. The monoisotopic (exact) mass is 376 g/mol. The van der Waals surface area contributed by atoms with Gasteiger partial charge in [0.15, 0.2) is 0 Å². The molecule has 0 bridgehead atoms. The van der Waals surface area contributed by atoms with E-state index in [-0.39, 0.29) is 12.0 Å². The van der Waals surface area contributed by atoms with Gasteiger partial charge in [0.2, 0.25) is 17.7 Å². The molecule has 0 aliphatic carbocycles. The molecule has 4 amide bonds. The molecule has 10 heteroatoms. The molecule has 144 valence electrons. The van der Waals surface area contributed by atoms with Crippen LogP contribution in [0.1, 0.15) is 12.0 Å². The van der Waals surface area contributed by atoms with E-state index in [4.69, 9.17) is 0 Å². The smallest absolute Gasteiger partial charge is 0.333 e. The van der Waals surface area contributed by atoms with Crippen molar-refractivity contribution in [3.05, 3.63) is 44.6 Å². The lowest BCUT2D eigenvalue weighted by molar-refractivity contribution is -0.147. The van der Waals surface area contributed by atoms with Crippen molar-refractivity contribution in [3.63, 3.8) is 0 Å². The zero-order valence-electron chi connectivity index (χ0n) is 15.4. The number of carbonyl (C=O) groups excluding carboxylic acids is 3. The normalized spacial score (nSPS) is 16.4. The van der Waals surface area contributed by atoms with Gasteiger partial charge in [0.25, 0.3) is 5.56 Å². The molecule has 10 nitrogen and oxygen atoms in total. The highest BCUT2D eigenvalue weighted by Gasteiger charge is 2.41. The van der Waals surface area contributed by atoms with Crippen molar-refractivity contribution >= 4 is 23.9 Å². The first-order chi connectivity index (χ1) is 12.6. The van der Waals surface area contributed by atoms with Crippen LogP contribution in [-0.4, -0.2) is 56.0 Å². The van der Waals surface area contributed by atoms with E-state index in [1.165, 1.54) is 52.5 Å². The Balaban J connectivity index is 2.16. The number of hydrogen-bond donors (Lipinski definition) is 1. The van der Waals surface area contributed by atoms with Crippen LogP contribution in [0, 0.1) is 5.92 Å². The molecule has 1 aliphatic rings. The van der Waals surface area contributed by atoms with Crippen LogP contribution in [0.2, 0.25) is 0 Å². The fourth-order valence-corrected chi connectivity index (χ4v) is 2.64. The number of amides is 4. The second-order valence-electron chi connectivity index (χ2n) is 6.10. The molecule has 1 aromatic rings. The Morgan fingerprint density at radius 1 is 0.889 bits per heavy atom. The topological polar surface area (TPSA) is 122 Å². The number of aromatic hydroxyl groups is 1. The highest BCUT2D eigenvalue weighted by molar-refractivity contribution is 6.15. The highest BCUT2D eigenvalue weighted by atomic mass is 16.3. The maximum absolute atomic E-state index is 12.1. The largest absolute Gasteiger partial charge is 0.494 e. The lowest BCUT2D eigenvalue weighted by Crippen LogP contribution is -2.56. The molecule has 0 unspecified atom stereocenters. The lowest BCUT2D eigenvalue weighted by Gasteiger charge is -2.32. The molecule has 0 spiro atoms. The van der Waals surface area contributed by atoms with Crippen LogP contribution < -0.4 is 11.2 Å². The molecule has 2 rings (SSSR count). The van der Waals surface area contributed by atoms with E-state index in [0.29, 0.717) is 0 Å². The predicted molar refractivity (Wildman–Crippen MR) is 95.8 cm³/mol. The Morgan fingerprint density at radius 3 is 2.00 bits per heavy atom. The van der Waals surface area contributed by atoms with Crippen molar-refractivity contribution in [1.29, 1.82) is 0 Å². The van der Waals surface area contributed by atoms with Gasteiger partial charge in [0.1, 0.15) is 11.5 Å². The molecule has 1 fully saturated rings. The summed E-state index contributed by atoms with van der Waals surface area (Å²) in [5.74, 6) is -2.63. The second-order valence-corrected chi connectivity index (χ2v) is 6.10. The fraction of sp³-hybridized carbons (Fsp3) is 0.353. The highest BCUT2D eigenvalue weighted by Crippen LogP contribution is 2.18. The zero-order chi connectivity index (χ0) is 20.5. The summed E-state index contributed by atoms with van der Waals surface area (Å²) in [6.45, 7) is 0. The summed E-state index contributed by atoms with van der Waals surface area (Å²) in [6, 6.07) is -0.675. The Labute approximate surface area is 154 Å². The van der Waals surface area contributed by atoms with Crippen molar-refractivity contribution in [3.8, 4) is 5.88 Å². The van der Waals surface area contributed by atoms with E-state index in [1.807, 2.05) is 0 Å². The summed E-state index contributed by atoms with van der Waals surface area (Å²) in [4.78, 5) is 61.3. The predicted octanol–water partition coefficient (Wildman–Crippen LogP) is -0.584. The average Bonchev–Trinajstić information content (AvgIpc) is 2.66. The quantitative estimate of drug-likeness (QED) is 0.554. The number of allylic oxidation sites excluding steroid dienone is 3. The molecule has 0 saturated carbocycles. The van der Waals surface area contributed by atoms with E-state index in [9.17, 15) is 29.1 Å². The maximum atomic E-state index is 12.1. The standard InChI is InChI=1S/C17H20N4O6/c1-18-12(22)10(13(23)19(2)16(18)26)8-6-5-7-9-11-14(24)20(3)17(27)21(4)15(11)25/h5-8,11,22H,9H2,1-4H3/b7-5+,8-6+. The van der Waals surface area contributed by atoms with E-state index in [1.54, 1.807) is 0 Å². The van der Waals surface area contributed by atoms with Crippen LogP contribution in [0.3, 0.4) is 0 Å². The van der Waals surface area contributed by atoms with Crippen molar-refractivity contribution in [2.24, 2.45) is 20.0 Å². The Kier molecular flexibility index (Phi) is 5.48. The van der Waals surface area contributed by atoms with Crippen LogP contribution in [0.4, 0.5) is 4.79 Å². The number of rotatable bonds is 4. The van der Waals surface area contributed by atoms with E-state index in [2.05, 4.69) is 0 Å². The number of urea groups is 1. The van der Waals surface area contributed by atoms with Crippen LogP contribution in [0.15, 0.2) is 27.8 Å². The van der Waals surface area contributed by atoms with Gasteiger partial charge < -0.3 is 5.11 Å². The number of nitrogens with zero attached hydrogens (tertiary/aromatic N) is 4. The molecule has 0 atom stereocenters. The molecule has 0 aromatic carbocycles. The zero-order valence-corrected chi connectivity index (χ0v) is 15.4. The number of barbiturate groups is 1. The summed E-state index contributed by atoms with van der Waals surface area (Å²) >= 11 is 0. The van der Waals surface area contributed by atoms with E-state index >= 15 is 0 Å². The summed E-state index contributed by atoms with van der Waals surface area (Å²) in [5, 5.41) is 9.94. The fourth-order valence-electron chi connectivity index (χ4n) is 2.64. The second kappa shape index (κ2) is 7.44. The number of carbonyl (C=O) groups is 3. The van der Waals surface area contributed by atoms with Crippen LogP contribution >= 0.6 is 0 Å². The molecule has 1 aromatic heterocycles. The molecular weight excluding hydrogens is 356 g/mol. The Bertz CT molecular complexity index is 960. The minimum Gasteiger partial charge on any atom is -0.494 e. The third-order valence-electron chi connectivity index (χ3n) is 4.38. The first-order valence-electron chi connectivity index (χ1n) is 8.00. The van der Waals surface area contributed by atoms with E-state index < -0.39 is 40.9 Å². The third kappa shape index (κ3) is 3.46. The summed E-state index contributed by atoms with van der Waals surface area (Å²) < 4.78 is 1.80.